The maximum absolute atomic E-state index is 13.1. The van der Waals surface area contributed by atoms with Crippen molar-refractivity contribution in [1.82, 2.24) is 19.1 Å². The predicted molar refractivity (Wildman–Crippen MR) is 116 cm³/mol. The number of anilines is 2. The quantitative estimate of drug-likeness (QED) is 0.643. The van der Waals surface area contributed by atoms with E-state index in [2.05, 4.69) is 10.00 Å². The highest BCUT2D eigenvalue weighted by atomic mass is 16.5. The number of benzene rings is 1. The molecular weight excluding hydrogens is 398 g/mol. The van der Waals surface area contributed by atoms with Crippen LogP contribution in [0.25, 0.3) is 5.65 Å². The Morgan fingerprint density at radius 2 is 1.94 bits per heavy atom. The summed E-state index contributed by atoms with van der Waals surface area (Å²) in [6, 6.07) is 7.48. The molecule has 162 valence electrons. The average molecular weight is 423 g/mol. The van der Waals surface area contributed by atoms with Gasteiger partial charge in [-0.05, 0) is 37.5 Å². The lowest BCUT2D eigenvalue weighted by molar-refractivity contribution is 0.0720. The van der Waals surface area contributed by atoms with Crippen molar-refractivity contribution in [1.29, 1.82) is 0 Å². The van der Waals surface area contributed by atoms with Crippen molar-refractivity contribution in [2.75, 3.05) is 38.3 Å². The van der Waals surface area contributed by atoms with Crippen LogP contribution in [0.3, 0.4) is 0 Å². The Labute approximate surface area is 179 Å². The van der Waals surface area contributed by atoms with Crippen LogP contribution in [0, 0.1) is 0 Å². The molecule has 2 aliphatic heterocycles. The largest absolute Gasteiger partial charge is 0.492 e. The van der Waals surface area contributed by atoms with Crippen LogP contribution in [0.15, 0.2) is 35.3 Å². The van der Waals surface area contributed by atoms with Gasteiger partial charge in [0.25, 0.3) is 5.91 Å². The van der Waals surface area contributed by atoms with E-state index in [0.717, 1.165) is 43.7 Å². The van der Waals surface area contributed by atoms with Crippen LogP contribution in [0.2, 0.25) is 0 Å². The molecule has 0 N–H and O–H groups in total. The van der Waals surface area contributed by atoms with Crippen LogP contribution in [-0.4, -0.2) is 58.3 Å². The number of amides is 1. The Bertz CT molecular complexity index is 1210. The summed E-state index contributed by atoms with van der Waals surface area (Å²) in [7, 11) is 3.20. The van der Waals surface area contributed by atoms with Crippen molar-refractivity contribution < 1.29 is 14.3 Å². The van der Waals surface area contributed by atoms with E-state index in [4.69, 9.17) is 9.47 Å². The number of likely N-dealkylation sites (tertiary alicyclic amines) is 1. The number of aromatic nitrogens is 3. The Balaban J connectivity index is 1.55. The van der Waals surface area contributed by atoms with Crippen molar-refractivity contribution in [2.24, 2.45) is 7.05 Å². The number of carbonyl (C=O) groups excluding carboxylic acids is 1. The molecule has 0 atom stereocenters. The summed E-state index contributed by atoms with van der Waals surface area (Å²) < 4.78 is 14.5. The number of aryl methyl sites for hydroxylation is 1. The Morgan fingerprint density at radius 3 is 2.71 bits per heavy atom. The lowest BCUT2D eigenvalue weighted by atomic mass is 10.1. The minimum atomic E-state index is -0.188. The van der Waals surface area contributed by atoms with E-state index in [9.17, 15) is 9.59 Å². The van der Waals surface area contributed by atoms with Gasteiger partial charge in [0, 0.05) is 38.1 Å². The van der Waals surface area contributed by atoms with E-state index in [1.807, 2.05) is 29.2 Å². The van der Waals surface area contributed by atoms with E-state index in [0.29, 0.717) is 35.9 Å². The first-order valence-corrected chi connectivity index (χ1v) is 10.5. The molecule has 9 heteroatoms. The monoisotopic (exact) mass is 423 g/mol. The lowest BCUT2D eigenvalue weighted by Gasteiger charge is -2.33. The van der Waals surface area contributed by atoms with Crippen LogP contribution in [0.1, 0.15) is 29.6 Å². The summed E-state index contributed by atoms with van der Waals surface area (Å²) in [6.07, 6.45) is 4.95. The smallest absolute Gasteiger partial charge is 0.350 e. The number of piperidine rings is 1. The summed E-state index contributed by atoms with van der Waals surface area (Å²) in [5, 5.41) is 4.28. The average Bonchev–Trinajstić information content (AvgIpc) is 3.10. The minimum absolute atomic E-state index is 0.0191. The third kappa shape index (κ3) is 3.20. The van der Waals surface area contributed by atoms with Gasteiger partial charge < -0.3 is 19.3 Å². The van der Waals surface area contributed by atoms with E-state index < -0.39 is 0 Å². The topological polar surface area (TPSA) is 81.3 Å². The third-order valence-electron chi connectivity index (χ3n) is 5.99. The minimum Gasteiger partial charge on any atom is -0.492 e. The molecule has 1 aromatic carbocycles. The van der Waals surface area contributed by atoms with Crippen LogP contribution in [0.5, 0.6) is 11.5 Å². The summed E-state index contributed by atoms with van der Waals surface area (Å²) >= 11 is 0. The third-order valence-corrected chi connectivity index (χ3v) is 5.99. The highest BCUT2D eigenvalue weighted by Crippen LogP contribution is 2.45. The maximum atomic E-state index is 13.1. The van der Waals surface area contributed by atoms with Gasteiger partial charge in [0.2, 0.25) is 0 Å². The Kier molecular flexibility index (Phi) is 4.80. The van der Waals surface area contributed by atoms with Crippen LogP contribution in [0.4, 0.5) is 11.4 Å². The SMILES string of the molecule is COc1c(C(=O)N2CCCCC2)ccc2c1OCCN2c1ccn2c(=O)n(C)nc2c1. The van der Waals surface area contributed by atoms with Gasteiger partial charge in [-0.25, -0.2) is 9.48 Å². The number of methoxy groups -OCH3 is 1. The van der Waals surface area contributed by atoms with Crippen molar-refractivity contribution in [3.05, 3.63) is 46.5 Å². The molecule has 9 nitrogen and oxygen atoms in total. The number of hydrogen-bond acceptors (Lipinski definition) is 6. The second-order valence-corrected chi connectivity index (χ2v) is 7.87. The van der Waals surface area contributed by atoms with E-state index in [1.54, 1.807) is 20.4 Å². The molecule has 31 heavy (non-hydrogen) atoms. The van der Waals surface area contributed by atoms with Gasteiger partial charge in [-0.3, -0.25) is 9.20 Å². The zero-order valence-corrected chi connectivity index (χ0v) is 17.7. The van der Waals surface area contributed by atoms with Crippen molar-refractivity contribution in [3.8, 4) is 11.5 Å². The molecule has 0 spiro atoms. The van der Waals surface area contributed by atoms with E-state index in [-0.39, 0.29) is 11.6 Å². The summed E-state index contributed by atoms with van der Waals surface area (Å²) in [5.41, 5.74) is 2.62. The molecule has 0 saturated carbocycles. The van der Waals surface area contributed by atoms with Crippen LogP contribution in [-0.2, 0) is 7.05 Å². The first kappa shape index (κ1) is 19.5. The number of nitrogens with zero attached hydrogens (tertiary/aromatic N) is 5. The Morgan fingerprint density at radius 1 is 1.13 bits per heavy atom. The molecule has 0 bridgehead atoms. The highest BCUT2D eigenvalue weighted by molar-refractivity contribution is 5.99. The summed E-state index contributed by atoms with van der Waals surface area (Å²) in [4.78, 5) is 29.2. The number of fused-ring (bicyclic) bond motifs is 2. The van der Waals surface area contributed by atoms with Gasteiger partial charge in [0.15, 0.2) is 17.1 Å². The number of rotatable bonds is 3. The van der Waals surface area contributed by atoms with Crippen LogP contribution < -0.4 is 20.1 Å². The number of ether oxygens (including phenoxy) is 2. The first-order chi connectivity index (χ1) is 15.1. The molecule has 1 amide bonds. The zero-order valence-electron chi connectivity index (χ0n) is 17.7. The molecule has 0 aliphatic carbocycles. The molecule has 3 aromatic rings. The van der Waals surface area contributed by atoms with Crippen molar-refractivity contribution in [3.63, 3.8) is 0 Å². The fourth-order valence-electron chi connectivity index (χ4n) is 4.41. The van der Waals surface area contributed by atoms with Gasteiger partial charge in [-0.1, -0.05) is 0 Å². The number of hydrogen-bond donors (Lipinski definition) is 0. The standard InChI is InChI=1S/C22H25N5O4/c1-24-22(29)27-11-8-15(14-18(27)23-24)26-12-13-31-20-17(26)7-6-16(19(20)30-2)21(28)25-9-4-3-5-10-25/h6-8,11,14H,3-5,9-10,12-13H2,1-2H3. The molecule has 1 fully saturated rings. The molecule has 2 aromatic heterocycles. The molecule has 4 heterocycles. The van der Waals surface area contributed by atoms with Crippen molar-refractivity contribution >= 4 is 22.9 Å². The maximum Gasteiger partial charge on any atom is 0.350 e. The van der Waals surface area contributed by atoms with Gasteiger partial charge in [0.1, 0.15) is 6.61 Å². The van der Waals surface area contributed by atoms with E-state index in [1.165, 1.54) is 9.08 Å². The molecule has 0 radical (unpaired) electrons. The Hall–Kier alpha value is -3.49. The molecular formula is C22H25N5O4. The van der Waals surface area contributed by atoms with Gasteiger partial charge in [-0.15, -0.1) is 0 Å². The lowest BCUT2D eigenvalue weighted by Crippen LogP contribution is -2.36. The fourth-order valence-corrected chi connectivity index (χ4v) is 4.41. The van der Waals surface area contributed by atoms with Gasteiger partial charge in [-0.2, -0.15) is 5.10 Å². The highest BCUT2D eigenvalue weighted by Gasteiger charge is 2.29. The van der Waals surface area contributed by atoms with Gasteiger partial charge >= 0.3 is 5.69 Å². The van der Waals surface area contributed by atoms with Gasteiger partial charge in [0.05, 0.1) is 24.9 Å². The second-order valence-electron chi connectivity index (χ2n) is 7.87. The normalized spacial score (nSPS) is 16.2. The molecule has 2 aliphatic rings. The molecule has 5 rings (SSSR count). The molecule has 1 saturated heterocycles. The molecule has 0 unspecified atom stereocenters. The summed E-state index contributed by atoms with van der Waals surface area (Å²) in [6.45, 7) is 2.62. The van der Waals surface area contributed by atoms with E-state index >= 15 is 0 Å². The second kappa shape index (κ2) is 7.64. The first-order valence-electron chi connectivity index (χ1n) is 10.5. The number of pyridine rings is 1. The zero-order chi connectivity index (χ0) is 21.5. The fraction of sp³-hybridized carbons (Fsp3) is 0.409. The predicted octanol–water partition coefficient (Wildman–Crippen LogP) is 2.20. The summed E-state index contributed by atoms with van der Waals surface area (Å²) in [5.74, 6) is 1.01. The van der Waals surface area contributed by atoms with Crippen molar-refractivity contribution in [2.45, 2.75) is 19.3 Å². The number of carbonyl (C=O) groups is 1. The van der Waals surface area contributed by atoms with Crippen LogP contribution >= 0.6 is 0 Å².